The smallest absolute Gasteiger partial charge is 0.242 e. The Kier molecular flexibility index (Phi) is 3.77. The van der Waals surface area contributed by atoms with Crippen molar-refractivity contribution in [2.24, 2.45) is 17.3 Å². The molecule has 0 radical (unpaired) electrons. The van der Waals surface area contributed by atoms with Crippen molar-refractivity contribution in [1.82, 2.24) is 4.72 Å². The minimum Gasteiger partial charge on any atom is -0.380 e. The first-order chi connectivity index (χ1) is 10.4. The molecule has 1 heterocycles. The van der Waals surface area contributed by atoms with Crippen molar-refractivity contribution in [3.05, 3.63) is 35.9 Å². The Morgan fingerprint density at radius 2 is 2.00 bits per heavy atom. The Morgan fingerprint density at radius 3 is 2.50 bits per heavy atom. The molecule has 3 rings (SSSR count). The molecule has 2 fully saturated rings. The van der Waals surface area contributed by atoms with Gasteiger partial charge >= 0.3 is 0 Å². The van der Waals surface area contributed by atoms with E-state index in [4.69, 9.17) is 4.74 Å². The third-order valence-electron chi connectivity index (χ3n) is 4.67. The predicted molar refractivity (Wildman–Crippen MR) is 82.4 cm³/mol. The number of fused-ring (bicyclic) bond motifs is 1. The van der Waals surface area contributed by atoms with Crippen molar-refractivity contribution in [3.63, 3.8) is 0 Å². The number of carbonyl (C=O) groups excluding carboxylic acids is 1. The molecule has 1 saturated carbocycles. The summed E-state index contributed by atoms with van der Waals surface area (Å²) in [5.74, 6) is -0.367. The van der Waals surface area contributed by atoms with Crippen LogP contribution in [0.15, 0.2) is 30.3 Å². The highest BCUT2D eigenvalue weighted by Gasteiger charge is 2.64. The number of nitrogens with one attached hydrogen (secondary N) is 1. The lowest BCUT2D eigenvalue weighted by atomic mass is 10.0. The van der Waals surface area contributed by atoms with Crippen molar-refractivity contribution in [2.45, 2.75) is 25.5 Å². The largest absolute Gasteiger partial charge is 0.380 e. The molecule has 1 unspecified atom stereocenters. The number of ether oxygens (including phenoxy) is 1. The van der Waals surface area contributed by atoms with E-state index in [0.717, 1.165) is 6.42 Å². The highest BCUT2D eigenvalue weighted by atomic mass is 32.2. The summed E-state index contributed by atoms with van der Waals surface area (Å²) in [5.41, 5.74) is 0.0935. The average molecular weight is 323 g/mol. The van der Waals surface area contributed by atoms with Gasteiger partial charge in [-0.15, -0.1) is 0 Å². The van der Waals surface area contributed by atoms with E-state index in [0.29, 0.717) is 18.8 Å². The van der Waals surface area contributed by atoms with Gasteiger partial charge in [0.15, 0.2) is 0 Å². The summed E-state index contributed by atoms with van der Waals surface area (Å²) in [4.78, 5) is 12.4. The van der Waals surface area contributed by atoms with Gasteiger partial charge in [0.2, 0.25) is 15.9 Å². The highest BCUT2D eigenvalue weighted by molar-refractivity contribution is 7.90. The van der Waals surface area contributed by atoms with E-state index in [2.05, 4.69) is 4.72 Å². The Labute approximate surface area is 131 Å². The van der Waals surface area contributed by atoms with Crippen LogP contribution in [0, 0.1) is 17.3 Å². The summed E-state index contributed by atoms with van der Waals surface area (Å²) in [6.07, 6.45) is 0.728. The summed E-state index contributed by atoms with van der Waals surface area (Å²) in [7, 11) is -3.78. The maximum atomic E-state index is 12.7. The van der Waals surface area contributed by atoms with Crippen molar-refractivity contribution < 1.29 is 17.9 Å². The first-order valence-electron chi connectivity index (χ1n) is 7.55. The molecule has 5 nitrogen and oxygen atoms in total. The standard InChI is InChI=1S/C16H21NO4S/c1-11(2)14(12-6-4-3-5-7-12)22(19,20)17-15(18)16-8-13(16)9-21-10-16/h3-7,11,13-14H,8-10H2,1-2H3,(H,17,18)/t13-,14?,16-/m0/s1. The Bertz CT molecular complexity index is 671. The quantitative estimate of drug-likeness (QED) is 0.898. The molecular weight excluding hydrogens is 302 g/mol. The molecule has 0 aromatic heterocycles. The molecule has 6 heteroatoms. The zero-order chi connectivity index (χ0) is 16.0. The first-order valence-corrected chi connectivity index (χ1v) is 9.10. The van der Waals surface area contributed by atoms with E-state index >= 15 is 0 Å². The van der Waals surface area contributed by atoms with E-state index in [1.165, 1.54) is 0 Å². The summed E-state index contributed by atoms with van der Waals surface area (Å²) in [5, 5.41) is -0.742. The van der Waals surface area contributed by atoms with Crippen LogP contribution >= 0.6 is 0 Å². The van der Waals surface area contributed by atoms with Crippen LogP contribution in [0.4, 0.5) is 0 Å². The Balaban J connectivity index is 1.83. The van der Waals surface area contributed by atoms with Crippen molar-refractivity contribution >= 4 is 15.9 Å². The summed E-state index contributed by atoms with van der Waals surface area (Å²) in [6, 6.07) is 9.02. The second-order valence-electron chi connectivity index (χ2n) is 6.62. The van der Waals surface area contributed by atoms with Crippen molar-refractivity contribution in [3.8, 4) is 0 Å². The Morgan fingerprint density at radius 1 is 1.32 bits per heavy atom. The number of amides is 1. The van der Waals surface area contributed by atoms with Crippen LogP contribution < -0.4 is 4.72 Å². The fraction of sp³-hybridized carbons (Fsp3) is 0.562. The monoisotopic (exact) mass is 323 g/mol. The van der Waals surface area contributed by atoms with Crippen LogP contribution in [0.3, 0.4) is 0 Å². The minimum absolute atomic E-state index is 0.139. The van der Waals surface area contributed by atoms with Crippen LogP contribution in [-0.4, -0.2) is 27.5 Å². The lowest BCUT2D eigenvalue weighted by Gasteiger charge is -2.23. The molecular formula is C16H21NO4S. The lowest BCUT2D eigenvalue weighted by molar-refractivity contribution is -0.125. The van der Waals surface area contributed by atoms with Crippen molar-refractivity contribution in [1.29, 1.82) is 0 Å². The van der Waals surface area contributed by atoms with Gasteiger partial charge in [-0.2, -0.15) is 0 Å². The number of sulfonamides is 1. The van der Waals surface area contributed by atoms with E-state index in [9.17, 15) is 13.2 Å². The number of rotatable bonds is 5. The van der Waals surface area contributed by atoms with Crippen LogP contribution in [0.1, 0.15) is 31.1 Å². The molecule has 22 heavy (non-hydrogen) atoms. The third-order valence-corrected chi connectivity index (χ3v) is 6.62. The SMILES string of the molecule is CC(C)C(c1ccccc1)S(=O)(=O)NC(=O)[C@@]12COC[C@@H]1C2. The topological polar surface area (TPSA) is 72.5 Å². The number of hydrogen-bond acceptors (Lipinski definition) is 4. The lowest BCUT2D eigenvalue weighted by Crippen LogP contribution is -2.41. The number of hydrogen-bond donors (Lipinski definition) is 1. The highest BCUT2D eigenvalue weighted by Crippen LogP contribution is 2.57. The van der Waals surface area contributed by atoms with E-state index < -0.39 is 26.6 Å². The molecule has 1 aliphatic heterocycles. The van der Waals surface area contributed by atoms with Gasteiger partial charge in [0, 0.05) is 5.92 Å². The summed E-state index contributed by atoms with van der Waals surface area (Å²) >= 11 is 0. The second kappa shape index (κ2) is 5.35. The average Bonchev–Trinajstić information content (AvgIpc) is 3.01. The van der Waals surface area contributed by atoms with Gasteiger partial charge in [-0.3, -0.25) is 9.52 Å². The second-order valence-corrected chi connectivity index (χ2v) is 8.43. The van der Waals surface area contributed by atoms with Gasteiger partial charge in [0.05, 0.1) is 18.6 Å². The first kappa shape index (κ1) is 15.5. The zero-order valence-electron chi connectivity index (χ0n) is 12.8. The van der Waals surface area contributed by atoms with Gasteiger partial charge in [0.25, 0.3) is 0 Å². The van der Waals surface area contributed by atoms with Crippen LogP contribution in [0.5, 0.6) is 0 Å². The Hall–Kier alpha value is -1.40. The maximum absolute atomic E-state index is 12.7. The van der Waals surface area contributed by atoms with Crippen molar-refractivity contribution in [2.75, 3.05) is 13.2 Å². The van der Waals surface area contributed by atoms with Gasteiger partial charge in [-0.05, 0) is 17.9 Å². The molecule has 1 aromatic carbocycles. The molecule has 0 spiro atoms. The zero-order valence-corrected chi connectivity index (χ0v) is 13.6. The molecule has 1 aliphatic carbocycles. The van der Waals surface area contributed by atoms with E-state index in [1.54, 1.807) is 12.1 Å². The van der Waals surface area contributed by atoms with Gasteiger partial charge < -0.3 is 4.74 Å². The van der Waals surface area contributed by atoms with E-state index in [-0.39, 0.29) is 11.8 Å². The van der Waals surface area contributed by atoms with E-state index in [1.807, 2.05) is 32.0 Å². The van der Waals surface area contributed by atoms with Gasteiger partial charge in [-0.1, -0.05) is 44.2 Å². The molecule has 2 aliphatic rings. The van der Waals surface area contributed by atoms with Crippen LogP contribution in [0.2, 0.25) is 0 Å². The molecule has 0 bridgehead atoms. The van der Waals surface area contributed by atoms with Gasteiger partial charge in [-0.25, -0.2) is 8.42 Å². The van der Waals surface area contributed by atoms with Crippen LogP contribution in [-0.2, 0) is 19.6 Å². The molecule has 1 N–H and O–H groups in total. The number of benzene rings is 1. The molecule has 1 amide bonds. The van der Waals surface area contributed by atoms with Crippen LogP contribution in [0.25, 0.3) is 0 Å². The minimum atomic E-state index is -3.78. The fourth-order valence-electron chi connectivity index (χ4n) is 3.36. The van der Waals surface area contributed by atoms with Gasteiger partial charge in [0.1, 0.15) is 5.25 Å². The molecule has 1 saturated heterocycles. The molecule has 120 valence electrons. The summed E-state index contributed by atoms with van der Waals surface area (Å²) < 4.78 is 33.1. The summed E-state index contributed by atoms with van der Waals surface area (Å²) in [6.45, 7) is 4.58. The predicted octanol–water partition coefficient (Wildman–Crippen LogP) is 1.87. The molecule has 3 atom stereocenters. The third kappa shape index (κ3) is 2.54. The normalized spacial score (nSPS) is 28.2. The molecule has 1 aromatic rings. The number of carbonyl (C=O) groups is 1. The fourth-order valence-corrected chi connectivity index (χ4v) is 5.18. The maximum Gasteiger partial charge on any atom is 0.242 e.